The number of fused-ring (bicyclic) bond motifs is 20. The number of nitrogens with zero attached hydrogens (tertiary/aromatic N) is 2. The molecule has 0 fully saturated rings. The second kappa shape index (κ2) is 12.3. The number of aromatic amines is 2. The lowest BCUT2D eigenvalue weighted by molar-refractivity contribution is 0.483. The Bertz CT molecular complexity index is 3150. The van der Waals surface area contributed by atoms with Crippen LogP contribution in [0.2, 0.25) is 0 Å². The standard InChI is InChI=1S/C49H32N4O2/c1-29-15-17-31(18-16-29)55-33-20-22-39-41(24-33)49-28-45-37-14-8-6-12-35(37)42(51-45)25-46-38-21-19-32(54-30-9-3-2-4-10-30)23-40(38)48(52-46)27-44-36-13-7-5-11-34(36)43(50-44)26-47(39)53-49/h2-28,52-53H,1H3. The largest absolute Gasteiger partial charge is 0.457 e. The van der Waals surface area contributed by atoms with Gasteiger partial charge in [-0.1, -0.05) is 84.4 Å². The van der Waals surface area contributed by atoms with Crippen molar-refractivity contribution in [1.29, 1.82) is 0 Å². The van der Waals surface area contributed by atoms with Crippen LogP contribution >= 0.6 is 0 Å². The summed E-state index contributed by atoms with van der Waals surface area (Å²) in [4.78, 5) is 18.1. The van der Waals surface area contributed by atoms with E-state index in [0.717, 1.165) is 112 Å². The van der Waals surface area contributed by atoms with E-state index < -0.39 is 0 Å². The summed E-state index contributed by atoms with van der Waals surface area (Å²) in [5.74, 6) is 3.10. The maximum atomic E-state index is 6.36. The number of benzene rings is 6. The number of nitrogens with one attached hydrogen (secondary N) is 2. The van der Waals surface area contributed by atoms with Crippen LogP contribution in [0.4, 0.5) is 0 Å². The third kappa shape index (κ3) is 5.42. The van der Waals surface area contributed by atoms with Gasteiger partial charge in [-0.25, -0.2) is 9.97 Å². The maximum Gasteiger partial charge on any atom is 0.128 e. The van der Waals surface area contributed by atoms with Crippen molar-refractivity contribution >= 4 is 43.6 Å². The molecule has 9 aromatic rings. The SMILES string of the molecule is Cc1ccc(Oc2ccc3c4cc5nc(cc6[nH]c(cc7nc(cc([nH]4)c3c2)-c2ccccc2-7)c2ccc(Oc3ccccc3)cc62)-c2ccccc2-5)cc1. The van der Waals surface area contributed by atoms with Gasteiger partial charge in [0.15, 0.2) is 0 Å². The Hall–Kier alpha value is -7.44. The monoisotopic (exact) mass is 708 g/mol. The molecule has 0 atom stereocenters. The third-order valence-electron chi connectivity index (χ3n) is 10.5. The quantitative estimate of drug-likeness (QED) is 0.191. The van der Waals surface area contributed by atoms with Crippen LogP contribution in [-0.2, 0) is 0 Å². The van der Waals surface area contributed by atoms with Gasteiger partial charge in [0.2, 0.25) is 0 Å². The van der Waals surface area contributed by atoms with E-state index in [9.17, 15) is 0 Å². The molecule has 260 valence electrons. The molecule has 6 nitrogen and oxygen atoms in total. The number of para-hydroxylation sites is 1. The van der Waals surface area contributed by atoms with Gasteiger partial charge in [-0.15, -0.1) is 0 Å². The van der Waals surface area contributed by atoms with Gasteiger partial charge in [0.25, 0.3) is 0 Å². The first-order chi connectivity index (χ1) is 27.1. The summed E-state index contributed by atoms with van der Waals surface area (Å²) >= 11 is 0. The summed E-state index contributed by atoms with van der Waals surface area (Å²) in [6.45, 7) is 2.08. The highest BCUT2D eigenvalue weighted by Gasteiger charge is 2.20. The molecule has 3 aromatic heterocycles. The molecular formula is C49H32N4O2. The summed E-state index contributed by atoms with van der Waals surface area (Å²) in [7, 11) is 0. The highest BCUT2D eigenvalue weighted by Crippen LogP contribution is 2.41. The lowest BCUT2D eigenvalue weighted by Crippen LogP contribution is -1.84. The second-order valence-corrected chi connectivity index (χ2v) is 14.1. The highest BCUT2D eigenvalue weighted by molar-refractivity contribution is 6.11. The van der Waals surface area contributed by atoms with Crippen LogP contribution in [0, 0.1) is 6.92 Å². The fourth-order valence-corrected chi connectivity index (χ4v) is 7.82. The number of H-pyrrole nitrogens is 2. The molecule has 0 saturated heterocycles. The lowest BCUT2D eigenvalue weighted by Gasteiger charge is -2.06. The molecule has 8 bridgehead atoms. The normalized spacial score (nSPS) is 11.7. The van der Waals surface area contributed by atoms with Crippen LogP contribution in [0.1, 0.15) is 5.56 Å². The Kier molecular flexibility index (Phi) is 6.97. The van der Waals surface area contributed by atoms with Gasteiger partial charge in [0, 0.05) is 65.9 Å². The molecule has 0 aliphatic carbocycles. The number of hydrogen-bond acceptors (Lipinski definition) is 4. The van der Waals surface area contributed by atoms with Gasteiger partial charge in [-0.05, 0) is 91.9 Å². The molecule has 55 heavy (non-hydrogen) atoms. The van der Waals surface area contributed by atoms with Crippen molar-refractivity contribution in [3.05, 3.63) is 169 Å². The second-order valence-electron chi connectivity index (χ2n) is 14.1. The predicted octanol–water partition coefficient (Wildman–Crippen LogP) is 13.2. The first-order valence-electron chi connectivity index (χ1n) is 18.4. The molecule has 0 radical (unpaired) electrons. The van der Waals surface area contributed by atoms with Crippen molar-refractivity contribution in [3.63, 3.8) is 0 Å². The van der Waals surface area contributed by atoms with Gasteiger partial charge in [0.1, 0.15) is 23.0 Å². The summed E-state index contributed by atoms with van der Waals surface area (Å²) < 4.78 is 12.7. The van der Waals surface area contributed by atoms with Gasteiger partial charge >= 0.3 is 0 Å². The molecule has 6 heteroatoms. The number of rotatable bonds is 4. The predicted molar refractivity (Wildman–Crippen MR) is 223 cm³/mol. The fourth-order valence-electron chi connectivity index (χ4n) is 7.82. The molecule has 11 rings (SSSR count). The molecule has 5 heterocycles. The van der Waals surface area contributed by atoms with Gasteiger partial charge in [-0.2, -0.15) is 0 Å². The highest BCUT2D eigenvalue weighted by atomic mass is 16.5. The molecule has 0 amide bonds. The molecule has 0 saturated carbocycles. The fraction of sp³-hybridized carbons (Fsp3) is 0.0204. The van der Waals surface area contributed by atoms with Crippen molar-refractivity contribution in [1.82, 2.24) is 19.9 Å². The number of aromatic nitrogens is 4. The lowest BCUT2D eigenvalue weighted by atomic mass is 10.0. The maximum absolute atomic E-state index is 6.36. The van der Waals surface area contributed by atoms with Gasteiger partial charge < -0.3 is 19.4 Å². The van der Waals surface area contributed by atoms with Crippen LogP contribution in [0.25, 0.3) is 88.6 Å². The minimum absolute atomic E-state index is 0.759. The average molecular weight is 709 g/mol. The van der Waals surface area contributed by atoms with E-state index in [1.165, 1.54) is 5.56 Å². The smallest absolute Gasteiger partial charge is 0.128 e. The van der Waals surface area contributed by atoms with Crippen LogP contribution in [0.3, 0.4) is 0 Å². The van der Waals surface area contributed by atoms with E-state index in [4.69, 9.17) is 19.4 Å². The zero-order valence-corrected chi connectivity index (χ0v) is 29.8. The van der Waals surface area contributed by atoms with Crippen molar-refractivity contribution in [2.24, 2.45) is 0 Å². The molecule has 2 aliphatic rings. The first-order valence-corrected chi connectivity index (χ1v) is 18.4. The molecular weight excluding hydrogens is 677 g/mol. The average Bonchev–Trinajstić information content (AvgIpc) is 3.94. The van der Waals surface area contributed by atoms with Crippen LogP contribution in [0.5, 0.6) is 23.0 Å². The molecule has 2 aliphatic heterocycles. The number of hydrogen-bond donors (Lipinski definition) is 2. The summed E-state index contributed by atoms with van der Waals surface area (Å²) in [5.41, 5.74) is 12.8. The Balaban J connectivity index is 1.21. The van der Waals surface area contributed by atoms with Gasteiger partial charge in [-0.3, -0.25) is 0 Å². The van der Waals surface area contributed by atoms with E-state index in [1.54, 1.807) is 0 Å². The Morgan fingerprint density at radius 2 is 0.709 bits per heavy atom. The summed E-state index contributed by atoms with van der Waals surface area (Å²) in [6, 6.07) is 56.0. The molecule has 2 N–H and O–H groups in total. The zero-order chi connectivity index (χ0) is 36.5. The van der Waals surface area contributed by atoms with E-state index in [1.807, 2.05) is 54.6 Å². The summed E-state index contributed by atoms with van der Waals surface area (Å²) in [5, 5.41) is 4.20. The van der Waals surface area contributed by atoms with Crippen LogP contribution in [-0.4, -0.2) is 19.9 Å². The van der Waals surface area contributed by atoms with E-state index >= 15 is 0 Å². The minimum Gasteiger partial charge on any atom is -0.457 e. The van der Waals surface area contributed by atoms with Gasteiger partial charge in [0.05, 0.1) is 22.8 Å². The van der Waals surface area contributed by atoms with Crippen molar-refractivity contribution < 1.29 is 9.47 Å². The topological polar surface area (TPSA) is 75.8 Å². The Morgan fingerprint density at radius 1 is 0.345 bits per heavy atom. The Labute approximate surface area is 316 Å². The minimum atomic E-state index is 0.759. The first kappa shape index (κ1) is 31.1. The van der Waals surface area contributed by atoms with E-state index in [2.05, 4.69) is 126 Å². The zero-order valence-electron chi connectivity index (χ0n) is 29.8. The number of ether oxygens (including phenoxy) is 2. The number of aryl methyl sites for hydroxylation is 1. The van der Waals surface area contributed by atoms with Crippen molar-refractivity contribution in [3.8, 4) is 68.0 Å². The van der Waals surface area contributed by atoms with Crippen LogP contribution < -0.4 is 9.47 Å². The molecule has 6 aromatic carbocycles. The van der Waals surface area contributed by atoms with E-state index in [0.29, 0.717) is 0 Å². The molecule has 0 unspecified atom stereocenters. The van der Waals surface area contributed by atoms with Crippen molar-refractivity contribution in [2.75, 3.05) is 0 Å². The van der Waals surface area contributed by atoms with Crippen LogP contribution in [0.15, 0.2) is 164 Å². The van der Waals surface area contributed by atoms with E-state index in [-0.39, 0.29) is 0 Å². The summed E-state index contributed by atoms with van der Waals surface area (Å²) in [6.07, 6.45) is 0. The van der Waals surface area contributed by atoms with Crippen molar-refractivity contribution in [2.45, 2.75) is 6.92 Å². The molecule has 0 spiro atoms. The third-order valence-corrected chi connectivity index (χ3v) is 10.5. The Morgan fingerprint density at radius 3 is 1.15 bits per heavy atom.